The molecule has 0 saturated carbocycles. The van der Waals surface area contributed by atoms with Gasteiger partial charge in [0.05, 0.1) is 87.0 Å². The van der Waals surface area contributed by atoms with Crippen LogP contribution in [0, 0.1) is 54.1 Å². The summed E-state index contributed by atoms with van der Waals surface area (Å²) in [7, 11) is 0. The molecule has 12 aromatic rings. The van der Waals surface area contributed by atoms with E-state index < -0.39 is 11.7 Å². The molecule has 0 unspecified atom stereocenters. The number of alkyl halides is 3. The van der Waals surface area contributed by atoms with E-state index in [-0.39, 0.29) is 16.8 Å². The molecular weight excluding hydrogens is 960 g/mol. The number of hydrogen-bond donors (Lipinski definition) is 0. The molecular formula is C67H36F3N7. The fourth-order valence-electron chi connectivity index (χ4n) is 10.7. The van der Waals surface area contributed by atoms with Crippen LogP contribution in [-0.2, 0) is 6.18 Å². The predicted octanol–water partition coefficient (Wildman–Crippen LogP) is 18.3. The maximum Gasteiger partial charge on any atom is 0.416 e. The molecule has 0 aliphatic heterocycles. The van der Waals surface area contributed by atoms with Crippen molar-refractivity contribution in [3.05, 3.63) is 251 Å². The van der Waals surface area contributed by atoms with Crippen LogP contribution >= 0.6 is 0 Å². The SMILES string of the molecule is [C-]#[N+]c1ccc(-c2ccc3c(c2)c2cc(-c4ccc(C#N)cc4)ccc2n3-c2cc([N+]#[C-])c(-c3c(C)cccc3C(F)(F)F)cc2-n2c3ccc(-c4ccc(C#N)cc4)cc3c3cc(-c4ccc(C#N)cc4)ccc32)cc1. The summed E-state index contributed by atoms with van der Waals surface area (Å²) in [6.45, 7) is 17.9. The third-order valence-electron chi connectivity index (χ3n) is 14.4. The van der Waals surface area contributed by atoms with Gasteiger partial charge in [-0.05, 0) is 171 Å². The maximum atomic E-state index is 15.3. The fourth-order valence-corrected chi connectivity index (χ4v) is 10.7. The Kier molecular flexibility index (Phi) is 11.3. The number of nitriles is 3. The molecule has 2 aromatic heterocycles. The second kappa shape index (κ2) is 18.5. The van der Waals surface area contributed by atoms with Crippen LogP contribution < -0.4 is 0 Å². The first-order valence-electron chi connectivity index (χ1n) is 24.4. The van der Waals surface area contributed by atoms with Crippen molar-refractivity contribution < 1.29 is 13.2 Å². The summed E-state index contributed by atoms with van der Waals surface area (Å²) in [5, 5.41) is 32.2. The van der Waals surface area contributed by atoms with E-state index in [9.17, 15) is 15.8 Å². The lowest BCUT2D eigenvalue weighted by atomic mass is 9.92. The van der Waals surface area contributed by atoms with Crippen LogP contribution in [0.2, 0.25) is 0 Å². The van der Waals surface area contributed by atoms with Crippen LogP contribution in [0.15, 0.2) is 200 Å². The van der Waals surface area contributed by atoms with Gasteiger partial charge in [-0.1, -0.05) is 97.1 Å². The number of halogens is 3. The molecule has 0 aliphatic carbocycles. The van der Waals surface area contributed by atoms with Crippen LogP contribution in [0.5, 0.6) is 0 Å². The molecule has 0 fully saturated rings. The molecule has 0 aliphatic rings. The average Bonchev–Trinajstić information content (AvgIpc) is 4.11. The molecule has 0 atom stereocenters. The zero-order valence-electron chi connectivity index (χ0n) is 40.8. The number of aromatic nitrogens is 2. The Morgan fingerprint density at radius 3 is 1.10 bits per heavy atom. The quantitative estimate of drug-likeness (QED) is 0.149. The zero-order chi connectivity index (χ0) is 53.1. The van der Waals surface area contributed by atoms with Crippen molar-refractivity contribution in [2.45, 2.75) is 13.1 Å². The van der Waals surface area contributed by atoms with Gasteiger partial charge < -0.3 is 9.13 Å². The third-order valence-corrected chi connectivity index (χ3v) is 14.4. The number of fused-ring (bicyclic) bond motifs is 6. The summed E-state index contributed by atoms with van der Waals surface area (Å²) in [5.74, 6) is 0. The summed E-state index contributed by atoms with van der Waals surface area (Å²) in [6, 6.07) is 68.0. The Morgan fingerprint density at radius 1 is 0.416 bits per heavy atom. The van der Waals surface area contributed by atoms with E-state index in [2.05, 4.69) is 61.3 Å². The predicted molar refractivity (Wildman–Crippen MR) is 299 cm³/mol. The topological polar surface area (TPSA) is 89.9 Å². The van der Waals surface area contributed by atoms with Crippen molar-refractivity contribution >= 4 is 55.0 Å². The highest BCUT2D eigenvalue weighted by Crippen LogP contribution is 2.48. The van der Waals surface area contributed by atoms with Crippen LogP contribution in [-0.4, -0.2) is 9.13 Å². The van der Waals surface area contributed by atoms with Gasteiger partial charge in [-0.25, -0.2) is 9.69 Å². The lowest BCUT2D eigenvalue weighted by Gasteiger charge is -2.22. The summed E-state index contributed by atoms with van der Waals surface area (Å²) in [6.07, 6.45) is -4.75. The number of aryl methyl sites for hydroxylation is 1. The minimum Gasteiger partial charge on any atom is -0.308 e. The van der Waals surface area contributed by atoms with Crippen molar-refractivity contribution in [1.29, 1.82) is 15.8 Å². The first kappa shape index (κ1) is 47.1. The van der Waals surface area contributed by atoms with E-state index in [0.717, 1.165) is 94.2 Å². The Morgan fingerprint density at radius 2 is 0.766 bits per heavy atom. The molecule has 0 N–H and O–H groups in total. The monoisotopic (exact) mass is 995 g/mol. The highest BCUT2D eigenvalue weighted by molar-refractivity contribution is 6.14. The maximum absolute atomic E-state index is 15.3. The van der Waals surface area contributed by atoms with E-state index in [1.165, 1.54) is 6.07 Å². The molecule has 10 heteroatoms. The van der Waals surface area contributed by atoms with Crippen molar-refractivity contribution in [2.24, 2.45) is 0 Å². The number of nitrogens with zero attached hydrogens (tertiary/aromatic N) is 7. The minimum atomic E-state index is -4.75. The van der Waals surface area contributed by atoms with Crippen molar-refractivity contribution in [3.63, 3.8) is 0 Å². The average molecular weight is 996 g/mol. The third kappa shape index (κ3) is 8.06. The summed E-state index contributed by atoms with van der Waals surface area (Å²) in [4.78, 5) is 7.60. The van der Waals surface area contributed by atoms with Gasteiger partial charge in [0.2, 0.25) is 0 Å². The van der Waals surface area contributed by atoms with Gasteiger partial charge in [0.15, 0.2) is 11.4 Å². The standard InChI is InChI=1S/C67H36F3N7/c1-40-5-4-6-58(67(68,69)70)66(40)57-35-64(76-60-27-21-48(44-13-7-41(37-71)8-14-44)31-53(60)54-32-49(22-28-61(54)76)45-15-9-42(38-72)10-16-45)65(36-59(57)75-3)77-62-29-23-50(46-17-11-43(39-73)12-18-46)33-55(62)56-34-51(24-30-63(56)77)47-19-25-52(74-2)26-20-47/h4-36H,1H3. The van der Waals surface area contributed by atoms with Crippen LogP contribution in [0.25, 0.3) is 120 Å². The van der Waals surface area contributed by atoms with E-state index >= 15 is 13.2 Å². The second-order valence-electron chi connectivity index (χ2n) is 18.8. The van der Waals surface area contributed by atoms with Gasteiger partial charge in [0.25, 0.3) is 0 Å². The Hall–Kier alpha value is -11.0. The number of benzene rings is 10. The molecule has 0 bridgehead atoms. The van der Waals surface area contributed by atoms with Crippen LogP contribution in [0.3, 0.4) is 0 Å². The minimum absolute atomic E-state index is 0.0243. The molecule has 360 valence electrons. The van der Waals surface area contributed by atoms with Gasteiger partial charge >= 0.3 is 6.18 Å². The summed E-state index contributed by atoms with van der Waals surface area (Å²) >= 11 is 0. The number of hydrogen-bond acceptors (Lipinski definition) is 3. The summed E-state index contributed by atoms with van der Waals surface area (Å²) in [5.41, 5.74) is 12.8. The van der Waals surface area contributed by atoms with E-state index in [1.54, 1.807) is 73.7 Å². The molecule has 0 saturated heterocycles. The molecule has 7 nitrogen and oxygen atoms in total. The van der Waals surface area contributed by atoms with Gasteiger partial charge in [0.1, 0.15) is 0 Å². The molecule has 0 amide bonds. The van der Waals surface area contributed by atoms with Crippen LogP contribution in [0.1, 0.15) is 27.8 Å². The molecule has 0 radical (unpaired) electrons. The zero-order valence-corrected chi connectivity index (χ0v) is 40.8. The van der Waals surface area contributed by atoms with Crippen molar-refractivity contribution in [2.75, 3.05) is 0 Å². The first-order chi connectivity index (χ1) is 37.5. The summed E-state index contributed by atoms with van der Waals surface area (Å²) < 4.78 is 50.0. The Bertz CT molecular complexity index is 4410. The molecule has 12 rings (SSSR count). The number of rotatable bonds is 7. The van der Waals surface area contributed by atoms with Gasteiger partial charge in [-0.3, -0.25) is 0 Å². The largest absolute Gasteiger partial charge is 0.416 e. The molecule has 0 spiro atoms. The Labute approximate surface area is 440 Å². The molecule has 10 aromatic carbocycles. The molecule has 77 heavy (non-hydrogen) atoms. The lowest BCUT2D eigenvalue weighted by Crippen LogP contribution is -2.09. The second-order valence-corrected chi connectivity index (χ2v) is 18.8. The first-order valence-corrected chi connectivity index (χ1v) is 24.4. The smallest absolute Gasteiger partial charge is 0.308 e. The van der Waals surface area contributed by atoms with E-state index in [0.29, 0.717) is 39.3 Å². The lowest BCUT2D eigenvalue weighted by molar-refractivity contribution is -0.137. The van der Waals surface area contributed by atoms with Gasteiger partial charge in [-0.15, -0.1) is 0 Å². The van der Waals surface area contributed by atoms with Crippen molar-refractivity contribution in [1.82, 2.24) is 9.13 Å². The van der Waals surface area contributed by atoms with Crippen molar-refractivity contribution in [3.8, 4) is 85.2 Å². The van der Waals surface area contributed by atoms with Crippen LogP contribution in [0.4, 0.5) is 24.5 Å². The highest BCUT2D eigenvalue weighted by atomic mass is 19.4. The van der Waals surface area contributed by atoms with Gasteiger partial charge in [0, 0.05) is 21.5 Å². The Balaban J connectivity index is 1.21. The molecule has 2 heterocycles. The van der Waals surface area contributed by atoms with E-state index in [1.807, 2.05) is 97.1 Å². The van der Waals surface area contributed by atoms with E-state index in [4.69, 9.17) is 13.1 Å². The van der Waals surface area contributed by atoms with Gasteiger partial charge in [-0.2, -0.15) is 29.0 Å². The fraction of sp³-hybridized carbons (Fsp3) is 0.0299. The normalized spacial score (nSPS) is 11.3. The highest BCUT2D eigenvalue weighted by Gasteiger charge is 2.35.